The molecule has 3 nitrogen and oxygen atoms in total. The van der Waals surface area contributed by atoms with Crippen LogP contribution in [0.4, 0.5) is 0 Å². The van der Waals surface area contributed by atoms with E-state index >= 15 is 0 Å². The van der Waals surface area contributed by atoms with Crippen molar-refractivity contribution in [3.8, 4) is 0 Å². The van der Waals surface area contributed by atoms with Crippen molar-refractivity contribution in [2.45, 2.75) is 32.6 Å². The summed E-state index contributed by atoms with van der Waals surface area (Å²) in [5.41, 5.74) is 2.96. The molecule has 1 N–H and O–H groups in total. The van der Waals surface area contributed by atoms with Gasteiger partial charge in [-0.05, 0) is 24.1 Å². The molecule has 0 aliphatic rings. The summed E-state index contributed by atoms with van der Waals surface area (Å²) in [6.07, 6.45) is 1.95. The summed E-state index contributed by atoms with van der Waals surface area (Å²) in [5.74, 6) is -0.756. The fraction of sp³-hybridized carbons (Fsp3) is 0.250. The Hall–Kier alpha value is -1.75. The second-order valence-electron chi connectivity index (χ2n) is 6.24. The number of carboxylic acids is 1. The molecule has 0 aliphatic carbocycles. The fourth-order valence-electron chi connectivity index (χ4n) is 2.48. The number of aryl methyl sites for hydroxylation is 1. The number of para-hydroxylation sites is 1. The molecule has 0 saturated carbocycles. The van der Waals surface area contributed by atoms with Gasteiger partial charge < -0.3 is 9.52 Å². The van der Waals surface area contributed by atoms with E-state index in [1.54, 1.807) is 6.26 Å². The Morgan fingerprint density at radius 3 is 2.21 bits per heavy atom. The predicted molar refractivity (Wildman–Crippen MR) is 101 cm³/mol. The first-order valence-corrected chi connectivity index (χ1v) is 7.60. The number of carbonyl (C=O) groups is 1. The van der Waals surface area contributed by atoms with Crippen LogP contribution in [-0.2, 0) is 10.2 Å². The molecule has 0 unspecified atom stereocenters. The van der Waals surface area contributed by atoms with E-state index < -0.39 is 5.97 Å². The third-order valence-electron chi connectivity index (χ3n) is 3.82. The molecular weight excluding hydrogens is 407 g/mol. The Labute approximate surface area is 159 Å². The van der Waals surface area contributed by atoms with Crippen LogP contribution in [-0.4, -0.2) is 35.0 Å². The molecule has 0 aliphatic heterocycles. The zero-order valence-corrected chi connectivity index (χ0v) is 18.5. The number of aliphatic carboxylic acids is 1. The van der Waals surface area contributed by atoms with Crippen LogP contribution >= 0.6 is 0 Å². The molecule has 0 bridgehead atoms. The maximum atomic E-state index is 10.6. The zero-order valence-electron chi connectivity index (χ0n) is 14.5. The third-order valence-corrected chi connectivity index (χ3v) is 3.82. The quantitative estimate of drug-likeness (QED) is 0.631. The number of rotatable bonds is 3. The molecule has 2 radical (unpaired) electrons. The molecule has 24 heavy (non-hydrogen) atoms. The number of hydrogen-bond acceptors (Lipinski definition) is 2. The predicted octanol–water partition coefficient (Wildman–Crippen LogP) is 4.26. The van der Waals surface area contributed by atoms with Gasteiger partial charge in [-0.15, -0.1) is 0 Å². The van der Waals surface area contributed by atoms with Gasteiger partial charge in [0.1, 0.15) is 5.58 Å². The van der Waals surface area contributed by atoms with Crippen LogP contribution in [0, 0.1) is 6.92 Å². The van der Waals surface area contributed by atoms with Crippen molar-refractivity contribution >= 4 is 40.8 Å². The normalized spacial score (nSPS) is 10.5. The van der Waals surface area contributed by atoms with Gasteiger partial charge in [-0.1, -0.05) is 62.4 Å². The fourth-order valence-corrected chi connectivity index (χ4v) is 2.48. The molecule has 3 aromatic rings. The van der Waals surface area contributed by atoms with Gasteiger partial charge in [0.15, 0.2) is 0 Å². The number of hydrogen-bond donors (Lipinski definition) is 1. The molecule has 0 fully saturated rings. The SMILES string of the molecule is CC(C)(CC(=O)O)c1ccccc1.Cc1coc2ccccc12.[SnH2]. The van der Waals surface area contributed by atoms with Gasteiger partial charge in [0.05, 0.1) is 12.7 Å². The van der Waals surface area contributed by atoms with Crippen LogP contribution in [0.25, 0.3) is 11.0 Å². The van der Waals surface area contributed by atoms with Crippen molar-refractivity contribution in [3.63, 3.8) is 0 Å². The van der Waals surface area contributed by atoms with Crippen molar-refractivity contribution < 1.29 is 14.3 Å². The van der Waals surface area contributed by atoms with E-state index in [0.717, 1.165) is 11.1 Å². The minimum atomic E-state index is -0.756. The van der Waals surface area contributed by atoms with Crippen molar-refractivity contribution in [1.29, 1.82) is 0 Å². The van der Waals surface area contributed by atoms with Gasteiger partial charge in [-0.2, -0.15) is 0 Å². The zero-order chi connectivity index (χ0) is 16.9. The van der Waals surface area contributed by atoms with Crippen molar-refractivity contribution in [3.05, 3.63) is 72.0 Å². The molecule has 3 rings (SSSR count). The van der Waals surface area contributed by atoms with E-state index in [2.05, 4.69) is 6.07 Å². The van der Waals surface area contributed by atoms with E-state index in [0.29, 0.717) is 0 Å². The number of benzene rings is 2. The summed E-state index contributed by atoms with van der Waals surface area (Å²) in [5, 5.41) is 9.92. The van der Waals surface area contributed by atoms with Gasteiger partial charge in [-0.3, -0.25) is 4.79 Å². The first-order chi connectivity index (χ1) is 10.9. The summed E-state index contributed by atoms with van der Waals surface area (Å²) in [6, 6.07) is 17.7. The van der Waals surface area contributed by atoms with Crippen LogP contribution in [0.15, 0.2) is 65.3 Å². The topological polar surface area (TPSA) is 50.4 Å². The monoisotopic (exact) mass is 432 g/mol. The molecular formula is C20H24O3Sn. The van der Waals surface area contributed by atoms with Crippen LogP contribution in [0.3, 0.4) is 0 Å². The molecule has 126 valence electrons. The first-order valence-electron chi connectivity index (χ1n) is 7.60. The van der Waals surface area contributed by atoms with Crippen LogP contribution in [0.2, 0.25) is 0 Å². The third kappa shape index (κ3) is 5.41. The Balaban J connectivity index is 0.000000236. The summed E-state index contributed by atoms with van der Waals surface area (Å²) in [6.45, 7) is 5.93. The number of furan rings is 1. The average Bonchev–Trinajstić information content (AvgIpc) is 2.90. The van der Waals surface area contributed by atoms with Crippen molar-refractivity contribution in [2.75, 3.05) is 0 Å². The second kappa shape index (κ2) is 8.92. The summed E-state index contributed by atoms with van der Waals surface area (Å²) in [4.78, 5) is 10.6. The number of carboxylic acid groups (broad SMARTS) is 1. The standard InChI is InChI=1S/C11H14O2.C9H8O.Sn.2H/c1-11(2,8-10(12)13)9-6-4-3-5-7-9;1-7-6-10-9-5-3-2-4-8(7)9;;;/h3-7H,8H2,1-2H3,(H,12,13);2-6H,1H3;;;. The molecule has 1 heterocycles. The van der Waals surface area contributed by atoms with Crippen molar-refractivity contribution in [1.82, 2.24) is 0 Å². The van der Waals surface area contributed by atoms with E-state index in [4.69, 9.17) is 9.52 Å². The van der Waals surface area contributed by atoms with Crippen molar-refractivity contribution in [2.24, 2.45) is 0 Å². The molecule has 0 atom stereocenters. The van der Waals surface area contributed by atoms with Crippen LogP contribution in [0.5, 0.6) is 0 Å². The summed E-state index contributed by atoms with van der Waals surface area (Å²) >= 11 is 0. The number of fused-ring (bicyclic) bond motifs is 1. The Morgan fingerprint density at radius 1 is 1.04 bits per heavy atom. The van der Waals surface area contributed by atoms with Gasteiger partial charge in [-0.25, -0.2) is 0 Å². The minimum absolute atomic E-state index is 0. The summed E-state index contributed by atoms with van der Waals surface area (Å²) in [7, 11) is 0. The molecule has 2 aromatic carbocycles. The first kappa shape index (κ1) is 20.3. The molecule has 0 spiro atoms. The van der Waals surface area contributed by atoms with E-state index in [9.17, 15) is 4.79 Å². The van der Waals surface area contributed by atoms with Gasteiger partial charge >= 0.3 is 29.9 Å². The van der Waals surface area contributed by atoms with Gasteiger partial charge in [0.25, 0.3) is 0 Å². The Bertz CT molecular complexity index is 776. The average molecular weight is 431 g/mol. The van der Waals surface area contributed by atoms with Gasteiger partial charge in [0.2, 0.25) is 0 Å². The molecule has 1 aromatic heterocycles. The molecule has 0 amide bonds. The van der Waals surface area contributed by atoms with Gasteiger partial charge in [0, 0.05) is 10.8 Å². The Kier molecular flexibility index (Phi) is 7.54. The van der Waals surface area contributed by atoms with Crippen LogP contribution in [0.1, 0.15) is 31.4 Å². The Morgan fingerprint density at radius 2 is 1.62 bits per heavy atom. The second-order valence-corrected chi connectivity index (χ2v) is 6.24. The molecule has 0 saturated heterocycles. The van der Waals surface area contributed by atoms with Crippen LogP contribution < -0.4 is 0 Å². The van der Waals surface area contributed by atoms with E-state index in [-0.39, 0.29) is 35.7 Å². The van der Waals surface area contributed by atoms with E-state index in [1.807, 2.05) is 69.3 Å². The molecule has 4 heteroatoms. The summed E-state index contributed by atoms with van der Waals surface area (Å²) < 4.78 is 5.25. The van der Waals surface area contributed by atoms with E-state index in [1.165, 1.54) is 10.9 Å². The maximum absolute atomic E-state index is 10.6.